The molecule has 7 nitrogen and oxygen atoms in total. The molecule has 0 spiro atoms. The van der Waals surface area contributed by atoms with E-state index in [1.807, 2.05) is 13.1 Å². The summed E-state index contributed by atoms with van der Waals surface area (Å²) in [6.07, 6.45) is 1.83. The zero-order valence-corrected chi connectivity index (χ0v) is 14.6. The van der Waals surface area contributed by atoms with Crippen LogP contribution in [0.15, 0.2) is 27.5 Å². The number of primary sulfonamides is 1. The number of thiazole rings is 1. The van der Waals surface area contributed by atoms with E-state index in [-0.39, 0.29) is 4.21 Å². The molecule has 120 valence electrons. The van der Waals surface area contributed by atoms with E-state index in [4.69, 9.17) is 5.14 Å². The van der Waals surface area contributed by atoms with Crippen LogP contribution in [0, 0.1) is 6.92 Å². The standard InChI is InChI=1S/C12H17N5O2S3/c1-8-5-15-10(20-8)7-17-12(14-2)16-6-9-3-4-11(21-9)22(13,18)19/h3-5H,6-7H2,1-2H3,(H2,13,18,19)(H2,14,16,17). The molecule has 0 bridgehead atoms. The van der Waals surface area contributed by atoms with Gasteiger partial charge in [-0.1, -0.05) is 0 Å². The number of rotatable bonds is 5. The topological polar surface area (TPSA) is 109 Å². The number of guanidine groups is 1. The van der Waals surface area contributed by atoms with Crippen molar-refractivity contribution in [3.63, 3.8) is 0 Å². The van der Waals surface area contributed by atoms with E-state index in [1.54, 1.807) is 24.5 Å². The van der Waals surface area contributed by atoms with Crippen molar-refractivity contribution in [1.82, 2.24) is 15.6 Å². The third kappa shape index (κ3) is 4.77. The summed E-state index contributed by atoms with van der Waals surface area (Å²) in [5.74, 6) is 0.624. The summed E-state index contributed by atoms with van der Waals surface area (Å²) in [6.45, 7) is 3.07. The Kier molecular flexibility index (Phi) is 5.51. The highest BCUT2D eigenvalue weighted by Crippen LogP contribution is 2.19. The van der Waals surface area contributed by atoms with Crippen LogP contribution in [0.2, 0.25) is 0 Å². The first-order valence-corrected chi connectivity index (χ1v) is 9.54. The highest BCUT2D eigenvalue weighted by Gasteiger charge is 2.11. The Morgan fingerprint density at radius 2 is 2.05 bits per heavy atom. The van der Waals surface area contributed by atoms with Crippen molar-refractivity contribution in [2.45, 2.75) is 24.2 Å². The summed E-state index contributed by atoms with van der Waals surface area (Å²) in [5, 5.41) is 12.3. The molecule has 0 aliphatic heterocycles. The van der Waals surface area contributed by atoms with E-state index in [9.17, 15) is 8.42 Å². The SMILES string of the molecule is CN=C(NCc1ccc(S(N)(=O)=O)s1)NCc1ncc(C)s1. The number of aromatic nitrogens is 1. The molecular formula is C12H17N5O2S3. The maximum absolute atomic E-state index is 11.2. The Morgan fingerprint density at radius 1 is 1.32 bits per heavy atom. The molecule has 2 aromatic rings. The van der Waals surface area contributed by atoms with Gasteiger partial charge in [0, 0.05) is 23.0 Å². The van der Waals surface area contributed by atoms with Gasteiger partial charge in [-0.05, 0) is 19.1 Å². The predicted octanol–water partition coefficient (Wildman–Crippen LogP) is 1.03. The van der Waals surface area contributed by atoms with Crippen LogP contribution in [0.3, 0.4) is 0 Å². The van der Waals surface area contributed by atoms with Crippen LogP contribution in [-0.2, 0) is 23.1 Å². The maximum atomic E-state index is 11.2. The van der Waals surface area contributed by atoms with Gasteiger partial charge in [0.25, 0.3) is 0 Å². The van der Waals surface area contributed by atoms with Crippen LogP contribution >= 0.6 is 22.7 Å². The first-order valence-electron chi connectivity index (χ1n) is 6.36. The van der Waals surface area contributed by atoms with Gasteiger partial charge < -0.3 is 10.6 Å². The summed E-state index contributed by atoms with van der Waals surface area (Å²) in [5.41, 5.74) is 0. The van der Waals surface area contributed by atoms with Gasteiger partial charge >= 0.3 is 0 Å². The average Bonchev–Trinajstić information content (AvgIpc) is 3.07. The number of thiophene rings is 1. The largest absolute Gasteiger partial charge is 0.352 e. The molecule has 0 atom stereocenters. The van der Waals surface area contributed by atoms with Gasteiger partial charge in [-0.3, -0.25) is 4.99 Å². The van der Waals surface area contributed by atoms with Crippen LogP contribution in [0.4, 0.5) is 0 Å². The van der Waals surface area contributed by atoms with E-state index in [2.05, 4.69) is 20.6 Å². The monoisotopic (exact) mass is 359 g/mol. The molecule has 0 saturated heterocycles. The Morgan fingerprint density at radius 3 is 2.59 bits per heavy atom. The fourth-order valence-corrected chi connectivity index (χ4v) is 4.09. The maximum Gasteiger partial charge on any atom is 0.247 e. The fourth-order valence-electron chi connectivity index (χ4n) is 1.64. The van der Waals surface area contributed by atoms with Gasteiger partial charge in [0.15, 0.2) is 5.96 Å². The van der Waals surface area contributed by atoms with Crippen LogP contribution in [0.5, 0.6) is 0 Å². The number of aryl methyl sites for hydroxylation is 1. The summed E-state index contributed by atoms with van der Waals surface area (Å²) < 4.78 is 22.6. The van der Waals surface area contributed by atoms with Gasteiger partial charge in [-0.15, -0.1) is 22.7 Å². The normalized spacial score (nSPS) is 12.4. The number of nitrogens with one attached hydrogen (secondary N) is 2. The lowest BCUT2D eigenvalue weighted by atomic mass is 10.4. The second-order valence-electron chi connectivity index (χ2n) is 4.41. The lowest BCUT2D eigenvalue weighted by molar-refractivity contribution is 0.600. The first-order chi connectivity index (χ1) is 10.4. The number of aliphatic imine (C=N–C) groups is 1. The summed E-state index contributed by atoms with van der Waals surface area (Å²) in [7, 11) is -1.96. The first kappa shape index (κ1) is 16.9. The fraction of sp³-hybridized carbons (Fsp3) is 0.333. The van der Waals surface area contributed by atoms with Crippen LogP contribution in [-0.4, -0.2) is 26.4 Å². The number of sulfonamides is 1. The van der Waals surface area contributed by atoms with E-state index in [1.165, 1.54) is 6.07 Å². The summed E-state index contributed by atoms with van der Waals surface area (Å²) in [6, 6.07) is 3.24. The van der Waals surface area contributed by atoms with Crippen LogP contribution in [0.25, 0.3) is 0 Å². The lowest BCUT2D eigenvalue weighted by Gasteiger charge is -2.09. The highest BCUT2D eigenvalue weighted by atomic mass is 32.2. The summed E-state index contributed by atoms with van der Waals surface area (Å²) >= 11 is 2.77. The number of hydrogen-bond acceptors (Lipinski definition) is 6. The Balaban J connectivity index is 1.87. The molecule has 10 heteroatoms. The smallest absolute Gasteiger partial charge is 0.247 e. The number of nitrogens with zero attached hydrogens (tertiary/aromatic N) is 2. The van der Waals surface area contributed by atoms with Crippen molar-refractivity contribution in [3.8, 4) is 0 Å². The van der Waals surface area contributed by atoms with Gasteiger partial charge in [0.05, 0.1) is 13.1 Å². The molecule has 0 aliphatic rings. The zero-order valence-electron chi connectivity index (χ0n) is 12.2. The van der Waals surface area contributed by atoms with Crippen LogP contribution < -0.4 is 15.8 Å². The molecule has 0 amide bonds. The molecule has 4 N–H and O–H groups in total. The van der Waals surface area contributed by atoms with E-state index >= 15 is 0 Å². The predicted molar refractivity (Wildman–Crippen MR) is 89.6 cm³/mol. The van der Waals surface area contributed by atoms with E-state index in [0.717, 1.165) is 26.1 Å². The van der Waals surface area contributed by atoms with Crippen molar-refractivity contribution in [2.24, 2.45) is 10.1 Å². The zero-order chi connectivity index (χ0) is 16.2. The third-order valence-corrected chi connectivity index (χ3v) is 6.08. The van der Waals surface area contributed by atoms with Crippen molar-refractivity contribution in [1.29, 1.82) is 0 Å². The Hall–Kier alpha value is -1.49. The third-order valence-electron chi connectivity index (χ3n) is 2.65. The van der Waals surface area contributed by atoms with Crippen LogP contribution in [0.1, 0.15) is 14.8 Å². The Labute approximate surface area is 137 Å². The molecular weight excluding hydrogens is 342 g/mol. The average molecular weight is 360 g/mol. The van der Waals surface area contributed by atoms with E-state index < -0.39 is 10.0 Å². The van der Waals surface area contributed by atoms with Crippen molar-refractivity contribution >= 4 is 38.7 Å². The molecule has 0 radical (unpaired) electrons. The highest BCUT2D eigenvalue weighted by molar-refractivity contribution is 7.91. The quantitative estimate of drug-likeness (QED) is 0.545. The molecule has 0 unspecified atom stereocenters. The molecule has 0 saturated carbocycles. The number of nitrogens with two attached hydrogens (primary N) is 1. The van der Waals surface area contributed by atoms with Crippen molar-refractivity contribution < 1.29 is 8.42 Å². The molecule has 22 heavy (non-hydrogen) atoms. The lowest BCUT2D eigenvalue weighted by Crippen LogP contribution is -2.36. The second kappa shape index (κ2) is 7.18. The molecule has 2 rings (SSSR count). The summed E-state index contributed by atoms with van der Waals surface area (Å²) in [4.78, 5) is 10.4. The van der Waals surface area contributed by atoms with Gasteiger partial charge in [0.2, 0.25) is 10.0 Å². The van der Waals surface area contributed by atoms with Crippen molar-refractivity contribution in [3.05, 3.63) is 33.1 Å². The molecule has 0 aliphatic carbocycles. The van der Waals surface area contributed by atoms with Gasteiger partial charge in [-0.25, -0.2) is 18.5 Å². The molecule has 0 fully saturated rings. The minimum absolute atomic E-state index is 0.158. The minimum atomic E-state index is -3.63. The van der Waals surface area contributed by atoms with Gasteiger partial charge in [-0.2, -0.15) is 0 Å². The molecule has 0 aromatic carbocycles. The van der Waals surface area contributed by atoms with E-state index in [0.29, 0.717) is 19.0 Å². The molecule has 2 heterocycles. The molecule has 2 aromatic heterocycles. The minimum Gasteiger partial charge on any atom is -0.352 e. The number of hydrogen-bond donors (Lipinski definition) is 3. The van der Waals surface area contributed by atoms with Crippen molar-refractivity contribution in [2.75, 3.05) is 7.05 Å². The Bertz CT molecular complexity index is 763. The second-order valence-corrected chi connectivity index (χ2v) is 8.69. The van der Waals surface area contributed by atoms with Gasteiger partial charge in [0.1, 0.15) is 9.22 Å².